The van der Waals surface area contributed by atoms with E-state index in [2.05, 4.69) is 15.0 Å². The summed E-state index contributed by atoms with van der Waals surface area (Å²) in [5.41, 5.74) is 7.57. The number of H-pyrrole nitrogens is 1. The molecule has 90 valence electrons. The van der Waals surface area contributed by atoms with Crippen LogP contribution in [-0.4, -0.2) is 22.1 Å². The van der Waals surface area contributed by atoms with Crippen LogP contribution in [0, 0.1) is 0 Å². The minimum atomic E-state index is 0.414. The first kappa shape index (κ1) is 10.6. The van der Waals surface area contributed by atoms with Crippen LogP contribution >= 0.6 is 0 Å². The van der Waals surface area contributed by atoms with E-state index < -0.39 is 0 Å². The smallest absolute Gasteiger partial charge is 0.163 e. The van der Waals surface area contributed by atoms with Crippen molar-refractivity contribution in [2.45, 2.75) is 0 Å². The Labute approximate surface area is 104 Å². The van der Waals surface area contributed by atoms with Gasteiger partial charge in [0.1, 0.15) is 22.6 Å². The third kappa shape index (κ3) is 1.57. The summed E-state index contributed by atoms with van der Waals surface area (Å²) in [4.78, 5) is 11.8. The van der Waals surface area contributed by atoms with Crippen LogP contribution in [-0.2, 0) is 0 Å². The summed E-state index contributed by atoms with van der Waals surface area (Å²) in [6.07, 6.45) is 1.73. The van der Waals surface area contributed by atoms with Crippen LogP contribution in [0.3, 0.4) is 0 Å². The number of anilines is 1. The molecule has 0 aliphatic carbocycles. The van der Waals surface area contributed by atoms with E-state index in [1.165, 1.54) is 0 Å². The molecule has 0 unspecified atom stereocenters. The Morgan fingerprint density at radius 3 is 2.67 bits per heavy atom. The number of hydrogen-bond donors (Lipinski definition) is 2. The number of nitrogens with two attached hydrogens (primary N) is 1. The fraction of sp³-hybridized carbons (Fsp3) is 0.0769. The largest absolute Gasteiger partial charge is 0.494 e. The molecule has 0 aliphatic rings. The first-order valence-corrected chi connectivity index (χ1v) is 5.53. The quantitative estimate of drug-likeness (QED) is 0.720. The number of benzene rings is 1. The second-order valence-corrected chi connectivity index (χ2v) is 3.88. The van der Waals surface area contributed by atoms with Gasteiger partial charge in [0.25, 0.3) is 0 Å². The highest BCUT2D eigenvalue weighted by Crippen LogP contribution is 2.30. The number of fused-ring (bicyclic) bond motifs is 1. The average molecular weight is 240 g/mol. The topological polar surface area (TPSA) is 76.8 Å². The van der Waals surface area contributed by atoms with Gasteiger partial charge in [-0.15, -0.1) is 0 Å². The monoisotopic (exact) mass is 240 g/mol. The summed E-state index contributed by atoms with van der Waals surface area (Å²) in [6.45, 7) is 0. The van der Waals surface area contributed by atoms with Crippen molar-refractivity contribution in [2.24, 2.45) is 0 Å². The van der Waals surface area contributed by atoms with E-state index in [0.717, 1.165) is 10.9 Å². The fourth-order valence-electron chi connectivity index (χ4n) is 1.91. The minimum Gasteiger partial charge on any atom is -0.494 e. The van der Waals surface area contributed by atoms with Crippen molar-refractivity contribution in [2.75, 3.05) is 12.8 Å². The number of nitrogens with one attached hydrogen (secondary N) is 1. The number of aromatic amines is 1. The van der Waals surface area contributed by atoms with Crippen LogP contribution in [0.2, 0.25) is 0 Å². The van der Waals surface area contributed by atoms with Crippen molar-refractivity contribution in [3.8, 4) is 17.1 Å². The van der Waals surface area contributed by atoms with Gasteiger partial charge in [-0.2, -0.15) is 0 Å². The molecule has 2 aromatic heterocycles. The highest BCUT2D eigenvalue weighted by Gasteiger charge is 2.12. The molecule has 3 rings (SSSR count). The van der Waals surface area contributed by atoms with Crippen LogP contribution in [0.5, 0.6) is 5.75 Å². The Morgan fingerprint density at radius 2 is 1.94 bits per heavy atom. The summed E-state index contributed by atoms with van der Waals surface area (Å²) in [5.74, 6) is 1.67. The van der Waals surface area contributed by atoms with Crippen LogP contribution in [0.25, 0.3) is 22.4 Å². The number of hydrogen-bond acceptors (Lipinski definition) is 4. The fourth-order valence-corrected chi connectivity index (χ4v) is 1.91. The van der Waals surface area contributed by atoms with Crippen LogP contribution in [0.15, 0.2) is 36.5 Å². The first-order chi connectivity index (χ1) is 8.79. The predicted molar refractivity (Wildman–Crippen MR) is 70.3 cm³/mol. The third-order valence-electron chi connectivity index (χ3n) is 2.78. The van der Waals surface area contributed by atoms with Gasteiger partial charge in [0.05, 0.1) is 7.11 Å². The molecule has 1 aromatic carbocycles. The molecule has 3 aromatic rings. The molecule has 0 atom stereocenters. The lowest BCUT2D eigenvalue weighted by Gasteiger charge is -2.03. The molecular weight excluding hydrogens is 228 g/mol. The maximum atomic E-state index is 5.96. The van der Waals surface area contributed by atoms with Gasteiger partial charge < -0.3 is 15.5 Å². The van der Waals surface area contributed by atoms with Crippen molar-refractivity contribution >= 4 is 16.9 Å². The van der Waals surface area contributed by atoms with Gasteiger partial charge in [-0.05, 0) is 0 Å². The Balaban J connectivity index is 2.23. The van der Waals surface area contributed by atoms with E-state index in [9.17, 15) is 0 Å². The van der Waals surface area contributed by atoms with Crippen LogP contribution < -0.4 is 10.5 Å². The maximum Gasteiger partial charge on any atom is 0.163 e. The molecule has 3 N–H and O–H groups in total. The zero-order valence-electron chi connectivity index (χ0n) is 9.84. The number of ether oxygens (including phenoxy) is 1. The lowest BCUT2D eigenvalue weighted by Crippen LogP contribution is -1.97. The highest BCUT2D eigenvalue weighted by atomic mass is 16.5. The zero-order chi connectivity index (χ0) is 12.5. The van der Waals surface area contributed by atoms with Gasteiger partial charge in [-0.1, -0.05) is 30.3 Å². The van der Waals surface area contributed by atoms with E-state index in [1.54, 1.807) is 13.3 Å². The number of aromatic nitrogens is 3. The first-order valence-electron chi connectivity index (χ1n) is 5.53. The molecule has 0 radical (unpaired) electrons. The normalized spacial score (nSPS) is 10.7. The summed E-state index contributed by atoms with van der Waals surface area (Å²) in [7, 11) is 1.59. The standard InChI is InChI=1S/C13H12N4O/c1-18-9-7-15-13-10(9)11(14)16-12(17-13)8-5-3-2-4-6-8/h2-7H,1H3,(H3,14,15,16,17). The van der Waals surface area contributed by atoms with Crippen molar-refractivity contribution in [1.82, 2.24) is 15.0 Å². The van der Waals surface area contributed by atoms with E-state index in [-0.39, 0.29) is 0 Å². The van der Waals surface area contributed by atoms with Crippen molar-refractivity contribution < 1.29 is 4.74 Å². The summed E-state index contributed by atoms with van der Waals surface area (Å²) >= 11 is 0. The zero-order valence-corrected chi connectivity index (χ0v) is 9.84. The van der Waals surface area contributed by atoms with Crippen molar-refractivity contribution in [1.29, 1.82) is 0 Å². The molecule has 0 aliphatic heterocycles. The molecule has 0 bridgehead atoms. The molecule has 5 nitrogen and oxygen atoms in total. The van der Waals surface area contributed by atoms with E-state index >= 15 is 0 Å². The van der Waals surface area contributed by atoms with E-state index in [4.69, 9.17) is 10.5 Å². The molecular formula is C13H12N4O. The second-order valence-electron chi connectivity index (χ2n) is 3.88. The Hall–Kier alpha value is -2.56. The second kappa shape index (κ2) is 4.03. The minimum absolute atomic E-state index is 0.414. The van der Waals surface area contributed by atoms with Gasteiger partial charge in [0.2, 0.25) is 0 Å². The lowest BCUT2D eigenvalue weighted by atomic mass is 10.2. The maximum absolute atomic E-state index is 5.96. The Bertz CT molecular complexity index is 691. The van der Waals surface area contributed by atoms with Gasteiger partial charge >= 0.3 is 0 Å². The molecule has 0 fully saturated rings. The van der Waals surface area contributed by atoms with Gasteiger partial charge in [-0.3, -0.25) is 0 Å². The average Bonchev–Trinajstić information content (AvgIpc) is 2.83. The van der Waals surface area contributed by atoms with Crippen LogP contribution in [0.4, 0.5) is 5.82 Å². The van der Waals surface area contributed by atoms with E-state index in [0.29, 0.717) is 23.0 Å². The van der Waals surface area contributed by atoms with Crippen molar-refractivity contribution in [3.05, 3.63) is 36.5 Å². The number of nitrogen functional groups attached to an aromatic ring is 1. The number of nitrogens with zero attached hydrogens (tertiary/aromatic N) is 2. The van der Waals surface area contributed by atoms with Gasteiger partial charge in [0, 0.05) is 11.8 Å². The Kier molecular flexibility index (Phi) is 2.37. The molecule has 0 amide bonds. The third-order valence-corrected chi connectivity index (χ3v) is 2.78. The lowest BCUT2D eigenvalue weighted by molar-refractivity contribution is 0.420. The van der Waals surface area contributed by atoms with Gasteiger partial charge in [0.15, 0.2) is 5.82 Å². The SMILES string of the molecule is COc1c[nH]c2nc(-c3ccccc3)nc(N)c12. The molecule has 0 saturated carbocycles. The molecule has 18 heavy (non-hydrogen) atoms. The highest BCUT2D eigenvalue weighted by molar-refractivity contribution is 5.93. The molecule has 2 heterocycles. The number of rotatable bonds is 2. The molecule has 0 saturated heterocycles. The molecule has 5 heteroatoms. The Morgan fingerprint density at radius 1 is 1.17 bits per heavy atom. The number of methoxy groups -OCH3 is 1. The summed E-state index contributed by atoms with van der Waals surface area (Å²) < 4.78 is 5.20. The summed E-state index contributed by atoms with van der Waals surface area (Å²) in [6, 6.07) is 9.72. The summed E-state index contributed by atoms with van der Waals surface area (Å²) in [5, 5.41) is 0.720. The van der Waals surface area contributed by atoms with Crippen LogP contribution in [0.1, 0.15) is 0 Å². The van der Waals surface area contributed by atoms with E-state index in [1.807, 2.05) is 30.3 Å². The molecule has 0 spiro atoms. The predicted octanol–water partition coefficient (Wildman–Crippen LogP) is 2.22. The van der Waals surface area contributed by atoms with Gasteiger partial charge in [-0.25, -0.2) is 9.97 Å². The van der Waals surface area contributed by atoms with Crippen molar-refractivity contribution in [3.63, 3.8) is 0 Å².